The van der Waals surface area contributed by atoms with E-state index in [0.29, 0.717) is 17.1 Å². The number of carboxylic acids is 1. The zero-order valence-corrected chi connectivity index (χ0v) is 12.9. The summed E-state index contributed by atoms with van der Waals surface area (Å²) in [6.07, 6.45) is -1.40. The van der Waals surface area contributed by atoms with Gasteiger partial charge in [0.25, 0.3) is 0 Å². The predicted octanol–water partition coefficient (Wildman–Crippen LogP) is -2.79. The first kappa shape index (κ1) is 15.3. The zero-order valence-electron chi connectivity index (χ0n) is 10.9. The molecule has 1 saturated heterocycles. The van der Waals surface area contributed by atoms with Gasteiger partial charge in [-0.05, 0) is 24.6 Å². The van der Waals surface area contributed by atoms with Gasteiger partial charge in [-0.1, -0.05) is 0 Å². The average molecular weight is 260 g/mol. The van der Waals surface area contributed by atoms with Gasteiger partial charge in [0, 0.05) is 5.56 Å². The van der Waals surface area contributed by atoms with Crippen LogP contribution in [0.4, 0.5) is 0 Å². The summed E-state index contributed by atoms with van der Waals surface area (Å²) in [4.78, 5) is 10.7. The van der Waals surface area contributed by atoms with E-state index in [4.69, 9.17) is 14.2 Å². The minimum atomic E-state index is -1.21. The molecule has 1 aliphatic heterocycles. The Morgan fingerprint density at radius 3 is 2.33 bits per heavy atom. The Balaban J connectivity index is 0.00000162. The van der Waals surface area contributed by atoms with Crippen LogP contribution in [-0.4, -0.2) is 26.3 Å². The van der Waals surface area contributed by atoms with Crippen molar-refractivity contribution in [3.63, 3.8) is 0 Å². The molecule has 2 rings (SSSR count). The van der Waals surface area contributed by atoms with Gasteiger partial charge < -0.3 is 24.1 Å². The number of epoxide rings is 1. The van der Waals surface area contributed by atoms with E-state index in [2.05, 4.69) is 0 Å². The van der Waals surface area contributed by atoms with Crippen molar-refractivity contribution in [1.82, 2.24) is 0 Å². The molecule has 0 aliphatic carbocycles. The Bertz CT molecular complexity index is 460. The molecular formula is C12H13NaO5. The molecule has 0 saturated carbocycles. The zero-order chi connectivity index (χ0) is 12.6. The molecule has 1 fully saturated rings. The van der Waals surface area contributed by atoms with Crippen LogP contribution in [0.3, 0.4) is 0 Å². The predicted molar refractivity (Wildman–Crippen MR) is 56.9 cm³/mol. The van der Waals surface area contributed by atoms with Crippen molar-refractivity contribution in [2.75, 3.05) is 14.2 Å². The van der Waals surface area contributed by atoms with Crippen LogP contribution < -0.4 is 44.1 Å². The van der Waals surface area contributed by atoms with Gasteiger partial charge in [-0.15, -0.1) is 0 Å². The molecule has 0 spiro atoms. The molecule has 0 radical (unpaired) electrons. The van der Waals surface area contributed by atoms with Crippen LogP contribution in [0.2, 0.25) is 0 Å². The number of aryl methyl sites for hydroxylation is 1. The molecule has 1 aromatic rings. The van der Waals surface area contributed by atoms with Crippen molar-refractivity contribution >= 4 is 5.97 Å². The molecule has 1 aliphatic rings. The van der Waals surface area contributed by atoms with E-state index >= 15 is 0 Å². The number of carbonyl (C=O) groups is 1. The van der Waals surface area contributed by atoms with Crippen molar-refractivity contribution in [2.45, 2.75) is 19.1 Å². The summed E-state index contributed by atoms with van der Waals surface area (Å²) in [5.41, 5.74) is 1.59. The Morgan fingerprint density at radius 1 is 1.28 bits per heavy atom. The summed E-state index contributed by atoms with van der Waals surface area (Å²) in [6, 6.07) is 3.53. The molecule has 0 N–H and O–H groups in total. The van der Waals surface area contributed by atoms with Gasteiger partial charge in [0.1, 0.15) is 23.7 Å². The molecule has 18 heavy (non-hydrogen) atoms. The minimum absolute atomic E-state index is 0. The van der Waals surface area contributed by atoms with Gasteiger partial charge in [0.05, 0.1) is 20.2 Å². The maximum Gasteiger partial charge on any atom is 1.00 e. The average Bonchev–Trinajstić information content (AvgIpc) is 3.08. The Hall–Kier alpha value is -0.750. The smallest absolute Gasteiger partial charge is 0.547 e. The molecule has 0 bridgehead atoms. The number of carboxylic acid groups (broad SMARTS) is 1. The summed E-state index contributed by atoms with van der Waals surface area (Å²) < 4.78 is 15.4. The quantitative estimate of drug-likeness (QED) is 0.432. The molecule has 2 unspecified atom stereocenters. The molecular weight excluding hydrogens is 247 g/mol. The van der Waals surface area contributed by atoms with E-state index in [9.17, 15) is 9.90 Å². The summed E-state index contributed by atoms with van der Waals surface area (Å²) >= 11 is 0. The normalized spacial score (nSPS) is 20.8. The van der Waals surface area contributed by atoms with Crippen molar-refractivity contribution < 1.29 is 53.7 Å². The summed E-state index contributed by atoms with van der Waals surface area (Å²) in [5.74, 6) is 0.0574. The third-order valence-electron chi connectivity index (χ3n) is 2.78. The Labute approximate surface area is 127 Å². The molecule has 5 nitrogen and oxygen atoms in total. The van der Waals surface area contributed by atoms with Gasteiger partial charge in [-0.3, -0.25) is 0 Å². The fraction of sp³-hybridized carbons (Fsp3) is 0.417. The van der Waals surface area contributed by atoms with Crippen LogP contribution >= 0.6 is 0 Å². The molecule has 1 heterocycles. The maximum atomic E-state index is 10.7. The SMILES string of the molecule is COc1cc(C2OC2C(=O)[O-])c(OC)cc1C.[Na+]. The summed E-state index contributed by atoms with van der Waals surface area (Å²) in [5, 5.41) is 10.7. The number of ether oxygens (including phenoxy) is 3. The van der Waals surface area contributed by atoms with Crippen LogP contribution in [0.5, 0.6) is 11.5 Å². The largest absolute Gasteiger partial charge is 1.00 e. The fourth-order valence-electron chi connectivity index (χ4n) is 1.82. The van der Waals surface area contributed by atoms with Gasteiger partial charge in [0.2, 0.25) is 0 Å². The standard InChI is InChI=1S/C12H14O5.Na/c1-6-4-9(16-3)7(5-8(6)15-2)10-11(17-10)12(13)14;/h4-5,10-11H,1-3H3,(H,13,14);/q;+1/p-1. The summed E-state index contributed by atoms with van der Waals surface area (Å²) in [6.45, 7) is 1.88. The molecule has 1 aromatic carbocycles. The van der Waals surface area contributed by atoms with Gasteiger partial charge in [-0.2, -0.15) is 0 Å². The second kappa shape index (κ2) is 5.93. The van der Waals surface area contributed by atoms with Crippen LogP contribution in [0, 0.1) is 6.92 Å². The number of carbonyl (C=O) groups excluding carboxylic acids is 1. The topological polar surface area (TPSA) is 71.1 Å². The number of rotatable bonds is 4. The minimum Gasteiger partial charge on any atom is -0.547 e. The second-order valence-electron chi connectivity index (χ2n) is 3.86. The van der Waals surface area contributed by atoms with Crippen LogP contribution in [0.15, 0.2) is 12.1 Å². The van der Waals surface area contributed by atoms with Crippen LogP contribution in [0.1, 0.15) is 17.2 Å². The van der Waals surface area contributed by atoms with E-state index in [1.807, 2.05) is 6.92 Å². The van der Waals surface area contributed by atoms with Crippen LogP contribution in [0.25, 0.3) is 0 Å². The van der Waals surface area contributed by atoms with Crippen molar-refractivity contribution in [3.8, 4) is 11.5 Å². The number of hydrogen-bond donors (Lipinski definition) is 0. The number of methoxy groups -OCH3 is 2. The van der Waals surface area contributed by atoms with Crippen molar-refractivity contribution in [3.05, 3.63) is 23.3 Å². The molecule has 6 heteroatoms. The number of benzene rings is 1. The Morgan fingerprint density at radius 2 is 1.89 bits per heavy atom. The molecule has 2 atom stereocenters. The third kappa shape index (κ3) is 2.80. The molecule has 0 amide bonds. The van der Waals surface area contributed by atoms with Crippen molar-refractivity contribution in [2.24, 2.45) is 0 Å². The molecule has 92 valence electrons. The third-order valence-corrected chi connectivity index (χ3v) is 2.78. The number of hydrogen-bond acceptors (Lipinski definition) is 5. The first-order valence-electron chi connectivity index (χ1n) is 5.17. The van der Waals surface area contributed by atoms with Crippen molar-refractivity contribution in [1.29, 1.82) is 0 Å². The first-order chi connectivity index (χ1) is 8.08. The van der Waals surface area contributed by atoms with Gasteiger partial charge in [-0.25, -0.2) is 0 Å². The Kier molecular flexibility index (Phi) is 5.04. The number of aliphatic carboxylic acids is 1. The van der Waals surface area contributed by atoms with Gasteiger partial charge >= 0.3 is 29.6 Å². The first-order valence-corrected chi connectivity index (χ1v) is 5.17. The van der Waals surface area contributed by atoms with Gasteiger partial charge in [0.15, 0.2) is 0 Å². The van der Waals surface area contributed by atoms with Crippen LogP contribution in [-0.2, 0) is 9.53 Å². The van der Waals surface area contributed by atoms with E-state index in [-0.39, 0.29) is 29.6 Å². The van der Waals surface area contributed by atoms with E-state index in [0.717, 1.165) is 5.56 Å². The molecule has 0 aromatic heterocycles. The summed E-state index contributed by atoms with van der Waals surface area (Å²) in [7, 11) is 3.09. The van der Waals surface area contributed by atoms with E-state index in [1.54, 1.807) is 19.2 Å². The monoisotopic (exact) mass is 260 g/mol. The van der Waals surface area contributed by atoms with E-state index in [1.165, 1.54) is 7.11 Å². The second-order valence-corrected chi connectivity index (χ2v) is 3.86. The fourth-order valence-corrected chi connectivity index (χ4v) is 1.82. The maximum absolute atomic E-state index is 10.7. The van der Waals surface area contributed by atoms with E-state index < -0.39 is 18.2 Å².